The fourth-order valence-electron chi connectivity index (χ4n) is 4.31. The second-order valence-electron chi connectivity index (χ2n) is 10.1. The van der Waals surface area contributed by atoms with Gasteiger partial charge >= 0.3 is 11.9 Å². The molecule has 0 saturated carbocycles. The van der Waals surface area contributed by atoms with E-state index in [4.69, 9.17) is 14.2 Å². The maximum Gasteiger partial charge on any atom is 0.309 e. The molecule has 0 aliphatic carbocycles. The fourth-order valence-corrected chi connectivity index (χ4v) is 4.31. The lowest BCUT2D eigenvalue weighted by atomic mass is 9.88. The molecular formula is C27H42O8. The van der Waals surface area contributed by atoms with Crippen molar-refractivity contribution in [1.29, 1.82) is 0 Å². The van der Waals surface area contributed by atoms with E-state index in [2.05, 4.69) is 0 Å². The van der Waals surface area contributed by atoms with Gasteiger partial charge in [-0.2, -0.15) is 0 Å². The molecule has 0 unspecified atom stereocenters. The SMILES string of the molecule is CC[C@H]1O[C@H]1[C@H](O)[C@@H](C)/C=C/C=C(\C)[C@@H]1OC(=O)C[C@H](O)CC[C@@](C)(O)[C@@H](OC(C)=O)/C=C/[C@@H]1C. The summed E-state index contributed by atoms with van der Waals surface area (Å²) in [4.78, 5) is 24.1. The summed E-state index contributed by atoms with van der Waals surface area (Å²) in [7, 11) is 0. The Bertz CT molecular complexity index is 814. The molecular weight excluding hydrogens is 452 g/mol. The standard InChI is InChI=1S/C27H42O8/c1-7-21-26(34-21)24(31)16(2)9-8-10-17(3)25-18(4)11-12-22(33-19(5)28)27(6,32)14-13-20(29)15-23(30)35-25/h8-12,16,18,20-22,24-26,29,31-32H,7,13-15H2,1-6H3/b9-8+,12-11+,17-10+/t16-,18-,20+,21+,22-,24+,25-,26+,27+/m0/s1. The van der Waals surface area contributed by atoms with E-state index < -0.39 is 42.0 Å². The second kappa shape index (κ2) is 12.8. The zero-order valence-corrected chi connectivity index (χ0v) is 21.7. The van der Waals surface area contributed by atoms with Crippen molar-refractivity contribution in [3.05, 3.63) is 36.0 Å². The minimum Gasteiger partial charge on any atom is -0.457 e. The van der Waals surface area contributed by atoms with Crippen LogP contribution in [0.15, 0.2) is 36.0 Å². The van der Waals surface area contributed by atoms with Crippen LogP contribution in [0.4, 0.5) is 0 Å². The van der Waals surface area contributed by atoms with Gasteiger partial charge in [0.1, 0.15) is 23.9 Å². The third kappa shape index (κ3) is 8.86. The first kappa shape index (κ1) is 29.2. The minimum atomic E-state index is -1.41. The largest absolute Gasteiger partial charge is 0.457 e. The maximum absolute atomic E-state index is 12.5. The molecule has 2 aliphatic heterocycles. The molecule has 0 bridgehead atoms. The molecule has 0 aromatic carbocycles. The van der Waals surface area contributed by atoms with Crippen molar-refractivity contribution in [3.8, 4) is 0 Å². The third-order valence-corrected chi connectivity index (χ3v) is 6.74. The van der Waals surface area contributed by atoms with E-state index in [1.807, 2.05) is 45.9 Å². The van der Waals surface area contributed by atoms with Gasteiger partial charge in [0, 0.05) is 18.8 Å². The molecule has 9 atom stereocenters. The zero-order chi connectivity index (χ0) is 26.3. The summed E-state index contributed by atoms with van der Waals surface area (Å²) in [6, 6.07) is 0. The summed E-state index contributed by atoms with van der Waals surface area (Å²) in [6.45, 7) is 10.5. The van der Waals surface area contributed by atoms with Gasteiger partial charge in [0.15, 0.2) is 0 Å². The third-order valence-electron chi connectivity index (χ3n) is 6.74. The van der Waals surface area contributed by atoms with Crippen molar-refractivity contribution in [2.75, 3.05) is 0 Å². The van der Waals surface area contributed by atoms with E-state index in [0.717, 1.165) is 12.0 Å². The lowest BCUT2D eigenvalue weighted by molar-refractivity contribution is -0.157. The van der Waals surface area contributed by atoms with E-state index in [9.17, 15) is 24.9 Å². The van der Waals surface area contributed by atoms with Crippen LogP contribution < -0.4 is 0 Å². The van der Waals surface area contributed by atoms with Crippen LogP contribution in [0.25, 0.3) is 0 Å². The van der Waals surface area contributed by atoms with Crippen molar-refractivity contribution in [2.24, 2.45) is 11.8 Å². The molecule has 2 rings (SSSR count). The Balaban J connectivity index is 2.22. The summed E-state index contributed by atoms with van der Waals surface area (Å²) < 4.78 is 16.6. The molecule has 2 heterocycles. The van der Waals surface area contributed by atoms with Crippen LogP contribution in [0.3, 0.4) is 0 Å². The molecule has 35 heavy (non-hydrogen) atoms. The van der Waals surface area contributed by atoms with Crippen molar-refractivity contribution in [3.63, 3.8) is 0 Å². The summed E-state index contributed by atoms with van der Waals surface area (Å²) >= 11 is 0. The summed E-state index contributed by atoms with van der Waals surface area (Å²) in [5.74, 6) is -1.47. The number of allylic oxidation sites excluding steroid dienone is 2. The first-order valence-corrected chi connectivity index (χ1v) is 12.5. The number of cyclic esters (lactones) is 1. The number of ether oxygens (including phenoxy) is 3. The molecule has 0 spiro atoms. The van der Waals surface area contributed by atoms with E-state index >= 15 is 0 Å². The Morgan fingerprint density at radius 2 is 2.03 bits per heavy atom. The van der Waals surface area contributed by atoms with Crippen LogP contribution in [0.2, 0.25) is 0 Å². The monoisotopic (exact) mass is 494 g/mol. The summed E-state index contributed by atoms with van der Waals surface area (Å²) in [5, 5.41) is 31.6. The molecule has 198 valence electrons. The highest BCUT2D eigenvalue weighted by Crippen LogP contribution is 2.32. The van der Waals surface area contributed by atoms with E-state index in [1.165, 1.54) is 6.92 Å². The molecule has 0 amide bonds. The number of rotatable bonds is 7. The Morgan fingerprint density at radius 3 is 2.63 bits per heavy atom. The van der Waals surface area contributed by atoms with Crippen LogP contribution in [0.5, 0.6) is 0 Å². The molecule has 0 aromatic rings. The number of hydrogen-bond donors (Lipinski definition) is 3. The van der Waals surface area contributed by atoms with E-state index in [-0.39, 0.29) is 43.3 Å². The van der Waals surface area contributed by atoms with Crippen molar-refractivity contribution < 1.29 is 39.1 Å². The molecule has 3 N–H and O–H groups in total. The Hall–Kier alpha value is -2.00. The van der Waals surface area contributed by atoms with Crippen molar-refractivity contribution in [2.45, 2.75) is 109 Å². The van der Waals surface area contributed by atoms with Crippen molar-refractivity contribution in [1.82, 2.24) is 0 Å². The summed E-state index contributed by atoms with van der Waals surface area (Å²) in [5.41, 5.74) is -0.640. The average molecular weight is 495 g/mol. The Morgan fingerprint density at radius 1 is 1.34 bits per heavy atom. The topological polar surface area (TPSA) is 126 Å². The smallest absolute Gasteiger partial charge is 0.309 e. The van der Waals surface area contributed by atoms with Gasteiger partial charge in [-0.05, 0) is 44.8 Å². The number of epoxide rings is 1. The molecule has 2 aliphatic rings. The first-order chi connectivity index (χ1) is 16.4. The van der Waals surface area contributed by atoms with E-state index in [0.29, 0.717) is 0 Å². The minimum absolute atomic E-state index is 0.112. The molecule has 8 nitrogen and oxygen atoms in total. The molecule has 1 saturated heterocycles. The zero-order valence-electron chi connectivity index (χ0n) is 21.7. The fraction of sp³-hybridized carbons (Fsp3) is 0.704. The predicted molar refractivity (Wildman–Crippen MR) is 131 cm³/mol. The van der Waals surface area contributed by atoms with Crippen LogP contribution in [-0.4, -0.2) is 69.5 Å². The molecule has 0 aromatic heterocycles. The van der Waals surface area contributed by atoms with Gasteiger partial charge in [-0.25, -0.2) is 0 Å². The predicted octanol–water partition coefficient (Wildman–Crippen LogP) is 2.99. The lowest BCUT2D eigenvalue weighted by Gasteiger charge is -2.32. The molecule has 0 radical (unpaired) electrons. The molecule has 8 heteroatoms. The number of aliphatic hydroxyl groups is 3. The number of carbonyl (C=O) groups excluding carboxylic acids is 2. The van der Waals surface area contributed by atoms with Crippen LogP contribution in [0.1, 0.15) is 67.2 Å². The van der Waals surface area contributed by atoms with Gasteiger partial charge in [0.2, 0.25) is 0 Å². The highest BCUT2D eigenvalue weighted by Gasteiger charge is 2.44. The quantitative estimate of drug-likeness (QED) is 0.213. The van der Waals surface area contributed by atoms with Gasteiger partial charge in [-0.3, -0.25) is 9.59 Å². The van der Waals surface area contributed by atoms with Crippen LogP contribution >= 0.6 is 0 Å². The van der Waals surface area contributed by atoms with Gasteiger partial charge < -0.3 is 29.5 Å². The Labute approximate surface area is 208 Å². The average Bonchev–Trinajstić information content (AvgIpc) is 3.57. The maximum atomic E-state index is 12.5. The Kier molecular flexibility index (Phi) is 10.7. The number of carbonyl (C=O) groups is 2. The molecule has 1 fully saturated rings. The van der Waals surface area contributed by atoms with Crippen LogP contribution in [-0.2, 0) is 23.8 Å². The second-order valence-corrected chi connectivity index (χ2v) is 10.1. The normalized spacial score (nSPS) is 37.5. The highest BCUT2D eigenvalue weighted by molar-refractivity contribution is 5.70. The first-order valence-electron chi connectivity index (χ1n) is 12.5. The van der Waals surface area contributed by atoms with E-state index in [1.54, 1.807) is 19.1 Å². The van der Waals surface area contributed by atoms with Gasteiger partial charge in [0.25, 0.3) is 0 Å². The van der Waals surface area contributed by atoms with Crippen molar-refractivity contribution >= 4 is 11.9 Å². The van der Waals surface area contributed by atoms with Crippen LogP contribution in [0, 0.1) is 11.8 Å². The van der Waals surface area contributed by atoms with Gasteiger partial charge in [-0.15, -0.1) is 0 Å². The lowest BCUT2D eigenvalue weighted by Crippen LogP contribution is -2.42. The summed E-state index contributed by atoms with van der Waals surface area (Å²) in [6.07, 6.45) is 6.76. The highest BCUT2D eigenvalue weighted by atomic mass is 16.6. The van der Waals surface area contributed by atoms with Gasteiger partial charge in [-0.1, -0.05) is 45.1 Å². The number of hydrogen-bond acceptors (Lipinski definition) is 8. The number of esters is 2. The number of aliphatic hydroxyl groups excluding tert-OH is 2. The van der Waals surface area contributed by atoms with Gasteiger partial charge in [0.05, 0.1) is 24.7 Å².